The zero-order valence-electron chi connectivity index (χ0n) is 12.1. The summed E-state index contributed by atoms with van der Waals surface area (Å²) >= 11 is 0. The molecule has 0 radical (unpaired) electrons. The molecule has 0 atom stereocenters. The number of nitrogens with one attached hydrogen (secondary N) is 1. The van der Waals surface area contributed by atoms with Crippen molar-refractivity contribution in [3.05, 3.63) is 57.9 Å². The molecule has 0 aromatic heterocycles. The number of benzene rings is 2. The van der Waals surface area contributed by atoms with Crippen molar-refractivity contribution in [1.29, 1.82) is 0 Å². The molecule has 0 spiro atoms. The van der Waals surface area contributed by atoms with Crippen molar-refractivity contribution < 1.29 is 9.31 Å². The SMILES string of the molecule is Cc1ccc(Nc2cc(F)cc([N+](=O)[O-])c2)cc1N(C)C. The number of hydrogen-bond donors (Lipinski definition) is 1. The Balaban J connectivity index is 2.34. The van der Waals surface area contributed by atoms with Crippen LogP contribution < -0.4 is 10.2 Å². The van der Waals surface area contributed by atoms with Crippen LogP contribution in [0.5, 0.6) is 0 Å². The molecule has 6 heteroatoms. The summed E-state index contributed by atoms with van der Waals surface area (Å²) in [5.41, 5.74) is 2.93. The first-order valence-electron chi connectivity index (χ1n) is 6.37. The topological polar surface area (TPSA) is 58.4 Å². The number of non-ortho nitro benzene ring substituents is 1. The minimum Gasteiger partial charge on any atom is -0.377 e. The number of nitro groups is 1. The number of halogens is 1. The smallest absolute Gasteiger partial charge is 0.274 e. The Labute approximate surface area is 122 Å². The van der Waals surface area contributed by atoms with Gasteiger partial charge in [0.05, 0.1) is 11.0 Å². The summed E-state index contributed by atoms with van der Waals surface area (Å²) in [5, 5.41) is 13.7. The van der Waals surface area contributed by atoms with Gasteiger partial charge in [-0.15, -0.1) is 0 Å². The monoisotopic (exact) mass is 289 g/mol. The number of nitro benzene ring substituents is 1. The second-order valence-corrected chi connectivity index (χ2v) is 4.98. The van der Waals surface area contributed by atoms with Crippen molar-refractivity contribution >= 4 is 22.7 Å². The van der Waals surface area contributed by atoms with Gasteiger partial charge in [0, 0.05) is 37.2 Å². The number of anilines is 3. The molecule has 0 aliphatic rings. The van der Waals surface area contributed by atoms with E-state index >= 15 is 0 Å². The number of aryl methyl sites for hydroxylation is 1. The number of hydrogen-bond acceptors (Lipinski definition) is 4. The summed E-state index contributed by atoms with van der Waals surface area (Å²) in [7, 11) is 3.86. The van der Waals surface area contributed by atoms with E-state index < -0.39 is 10.7 Å². The summed E-state index contributed by atoms with van der Waals surface area (Å²) < 4.78 is 13.4. The van der Waals surface area contributed by atoms with Gasteiger partial charge in [-0.2, -0.15) is 0 Å². The van der Waals surface area contributed by atoms with Gasteiger partial charge in [-0.05, 0) is 30.7 Å². The summed E-state index contributed by atoms with van der Waals surface area (Å²) in [4.78, 5) is 12.1. The molecule has 0 amide bonds. The van der Waals surface area contributed by atoms with E-state index in [0.29, 0.717) is 5.69 Å². The van der Waals surface area contributed by atoms with Gasteiger partial charge in [-0.1, -0.05) is 6.07 Å². The third-order valence-corrected chi connectivity index (χ3v) is 3.07. The Morgan fingerprint density at radius 1 is 1.14 bits per heavy atom. The highest BCUT2D eigenvalue weighted by Crippen LogP contribution is 2.27. The van der Waals surface area contributed by atoms with Crippen LogP contribution in [0.1, 0.15) is 5.56 Å². The van der Waals surface area contributed by atoms with Crippen molar-refractivity contribution in [2.24, 2.45) is 0 Å². The van der Waals surface area contributed by atoms with E-state index in [1.54, 1.807) is 0 Å². The molecular weight excluding hydrogens is 273 g/mol. The lowest BCUT2D eigenvalue weighted by Gasteiger charge is -2.17. The van der Waals surface area contributed by atoms with E-state index in [1.165, 1.54) is 12.1 Å². The lowest BCUT2D eigenvalue weighted by Crippen LogP contribution is -2.10. The van der Waals surface area contributed by atoms with Gasteiger partial charge in [0.15, 0.2) is 0 Å². The fourth-order valence-corrected chi connectivity index (χ4v) is 2.09. The van der Waals surface area contributed by atoms with Crippen LogP contribution in [0.4, 0.5) is 27.1 Å². The van der Waals surface area contributed by atoms with E-state index in [-0.39, 0.29) is 5.69 Å². The quantitative estimate of drug-likeness (QED) is 0.686. The van der Waals surface area contributed by atoms with E-state index in [0.717, 1.165) is 23.0 Å². The average Bonchev–Trinajstić information content (AvgIpc) is 2.40. The Morgan fingerprint density at radius 2 is 1.86 bits per heavy atom. The first-order chi connectivity index (χ1) is 9.86. The van der Waals surface area contributed by atoms with Crippen LogP contribution in [0.25, 0.3) is 0 Å². The van der Waals surface area contributed by atoms with Crippen LogP contribution in [-0.2, 0) is 0 Å². The molecule has 2 aromatic carbocycles. The molecule has 0 aliphatic heterocycles. The zero-order chi connectivity index (χ0) is 15.6. The molecule has 5 nitrogen and oxygen atoms in total. The fraction of sp³-hybridized carbons (Fsp3) is 0.200. The second kappa shape index (κ2) is 5.78. The van der Waals surface area contributed by atoms with Crippen LogP contribution >= 0.6 is 0 Å². The number of rotatable bonds is 4. The Hall–Kier alpha value is -2.63. The van der Waals surface area contributed by atoms with Crippen LogP contribution in [0.15, 0.2) is 36.4 Å². The minimum absolute atomic E-state index is 0.280. The van der Waals surface area contributed by atoms with E-state index in [9.17, 15) is 14.5 Å². The summed E-state index contributed by atoms with van der Waals surface area (Å²) in [6.07, 6.45) is 0. The molecule has 110 valence electrons. The van der Waals surface area contributed by atoms with Gasteiger partial charge in [-0.3, -0.25) is 10.1 Å². The third-order valence-electron chi connectivity index (χ3n) is 3.07. The van der Waals surface area contributed by atoms with Gasteiger partial charge >= 0.3 is 0 Å². The molecule has 0 unspecified atom stereocenters. The molecular formula is C15H16FN3O2. The van der Waals surface area contributed by atoms with E-state index in [1.807, 2.05) is 44.1 Å². The molecule has 0 saturated carbocycles. The highest BCUT2D eigenvalue weighted by molar-refractivity contribution is 5.68. The highest BCUT2D eigenvalue weighted by Gasteiger charge is 2.10. The van der Waals surface area contributed by atoms with Gasteiger partial charge in [0.1, 0.15) is 5.82 Å². The Morgan fingerprint density at radius 3 is 2.48 bits per heavy atom. The first-order valence-corrected chi connectivity index (χ1v) is 6.37. The van der Waals surface area contributed by atoms with Gasteiger partial charge in [0.25, 0.3) is 5.69 Å². The maximum Gasteiger partial charge on any atom is 0.274 e. The average molecular weight is 289 g/mol. The van der Waals surface area contributed by atoms with Gasteiger partial charge in [0.2, 0.25) is 0 Å². The summed E-state index contributed by atoms with van der Waals surface area (Å²) in [5.74, 6) is -0.647. The lowest BCUT2D eigenvalue weighted by molar-refractivity contribution is -0.385. The van der Waals surface area contributed by atoms with Crippen molar-refractivity contribution in [2.75, 3.05) is 24.3 Å². The molecule has 0 fully saturated rings. The Kier molecular flexibility index (Phi) is 4.07. The molecule has 2 aromatic rings. The third kappa shape index (κ3) is 3.47. The predicted octanol–water partition coefficient (Wildman–Crippen LogP) is 3.85. The van der Waals surface area contributed by atoms with Crippen LogP contribution in [0.3, 0.4) is 0 Å². The maximum atomic E-state index is 13.4. The van der Waals surface area contributed by atoms with E-state index in [2.05, 4.69) is 5.32 Å². The maximum absolute atomic E-state index is 13.4. The summed E-state index contributed by atoms with van der Waals surface area (Å²) in [6.45, 7) is 1.99. The van der Waals surface area contributed by atoms with E-state index in [4.69, 9.17) is 0 Å². The molecule has 2 rings (SSSR count). The lowest BCUT2D eigenvalue weighted by atomic mass is 10.1. The van der Waals surface area contributed by atoms with Crippen LogP contribution in [-0.4, -0.2) is 19.0 Å². The minimum atomic E-state index is -0.647. The first kappa shape index (κ1) is 14.8. The van der Waals surface area contributed by atoms with Crippen LogP contribution in [0, 0.1) is 22.9 Å². The highest BCUT2D eigenvalue weighted by atomic mass is 19.1. The normalized spacial score (nSPS) is 10.3. The van der Waals surface area contributed by atoms with Crippen molar-refractivity contribution in [3.8, 4) is 0 Å². The molecule has 21 heavy (non-hydrogen) atoms. The standard InChI is InChI=1S/C15H16FN3O2/c1-10-4-5-12(9-15(10)18(2)3)17-13-6-11(16)7-14(8-13)19(20)21/h4-9,17H,1-3H3. The van der Waals surface area contributed by atoms with Crippen molar-refractivity contribution in [2.45, 2.75) is 6.92 Å². The van der Waals surface area contributed by atoms with Crippen LogP contribution in [0.2, 0.25) is 0 Å². The number of nitrogens with zero attached hydrogens (tertiary/aromatic N) is 2. The molecule has 0 saturated heterocycles. The fourth-order valence-electron chi connectivity index (χ4n) is 2.09. The molecule has 1 N–H and O–H groups in total. The second-order valence-electron chi connectivity index (χ2n) is 4.98. The Bertz CT molecular complexity index is 687. The molecule has 0 bridgehead atoms. The zero-order valence-corrected chi connectivity index (χ0v) is 12.1. The largest absolute Gasteiger partial charge is 0.377 e. The van der Waals surface area contributed by atoms with Crippen molar-refractivity contribution in [3.63, 3.8) is 0 Å². The van der Waals surface area contributed by atoms with Crippen molar-refractivity contribution in [1.82, 2.24) is 0 Å². The summed E-state index contributed by atoms with van der Waals surface area (Å²) in [6, 6.07) is 9.11. The van der Waals surface area contributed by atoms with Gasteiger partial charge < -0.3 is 10.2 Å². The molecule has 0 aliphatic carbocycles. The van der Waals surface area contributed by atoms with Gasteiger partial charge in [-0.25, -0.2) is 4.39 Å². The molecule has 0 heterocycles. The predicted molar refractivity (Wildman–Crippen MR) is 81.8 cm³/mol.